The number of para-hydroxylation sites is 1. The molecule has 0 N–H and O–H groups in total. The van der Waals surface area contributed by atoms with Crippen LogP contribution in [0, 0.1) is 0 Å². The van der Waals surface area contributed by atoms with Crippen LogP contribution in [0.5, 0.6) is 0 Å². The smallest absolute Gasteiger partial charge is 0.113 e. The van der Waals surface area contributed by atoms with Crippen molar-refractivity contribution in [1.29, 1.82) is 0 Å². The molecule has 0 aliphatic carbocycles. The number of nitrogens with zero attached hydrogens (tertiary/aromatic N) is 3. The second-order valence-electron chi connectivity index (χ2n) is 6.17. The van der Waals surface area contributed by atoms with E-state index in [0.29, 0.717) is 5.00 Å². The summed E-state index contributed by atoms with van der Waals surface area (Å²) in [6, 6.07) is 18.7. The van der Waals surface area contributed by atoms with Crippen molar-refractivity contribution in [2.45, 2.75) is 29.5 Å². The molecule has 21 heavy (non-hydrogen) atoms. The molecule has 3 aromatic rings. The molecule has 108 valence electrons. The summed E-state index contributed by atoms with van der Waals surface area (Å²) < 4.78 is 2.11. The zero-order valence-electron chi connectivity index (χ0n) is 12.5. The van der Waals surface area contributed by atoms with Gasteiger partial charge >= 0.3 is 0 Å². The summed E-state index contributed by atoms with van der Waals surface area (Å²) in [6.45, 7) is 7.14. The molecule has 0 amide bonds. The Morgan fingerprint density at radius 1 is 0.952 bits per heavy atom. The van der Waals surface area contributed by atoms with Gasteiger partial charge in [-0.2, -0.15) is 0 Å². The first-order chi connectivity index (χ1) is 10.1. The minimum atomic E-state index is -1.47. The van der Waals surface area contributed by atoms with Crippen LogP contribution < -0.4 is 0 Å². The van der Waals surface area contributed by atoms with Gasteiger partial charge in [-0.25, -0.2) is 4.68 Å². The Morgan fingerprint density at radius 3 is 2.33 bits per heavy atom. The summed E-state index contributed by atoms with van der Waals surface area (Å²) in [5.41, 5.74) is 2.09. The number of aromatic nitrogens is 3. The summed E-state index contributed by atoms with van der Waals surface area (Å²) in [6.07, 6.45) is 0. The molecule has 1 aromatic heterocycles. The fraction of sp³-hybridized carbons (Fsp3) is 0.250. The standard InChI is InChI=1S/C16H19N3SSi/c1-21(2,3)16(20-13-9-5-4-6-10-13)19-15-12-8-7-11-14(15)17-18-19/h4-12,16H,1-3H3. The quantitative estimate of drug-likeness (QED) is 0.521. The van der Waals surface area contributed by atoms with Crippen LogP contribution in [0.4, 0.5) is 0 Å². The van der Waals surface area contributed by atoms with E-state index in [4.69, 9.17) is 0 Å². The van der Waals surface area contributed by atoms with Crippen LogP contribution in [0.2, 0.25) is 19.6 Å². The SMILES string of the molecule is C[Si](C)(C)C(Sc1ccccc1)n1nnc2ccccc21. The first-order valence-electron chi connectivity index (χ1n) is 7.07. The fourth-order valence-electron chi connectivity index (χ4n) is 2.28. The average Bonchev–Trinajstić information content (AvgIpc) is 2.88. The van der Waals surface area contributed by atoms with Crippen molar-refractivity contribution in [2.24, 2.45) is 0 Å². The maximum absolute atomic E-state index is 4.44. The van der Waals surface area contributed by atoms with Crippen LogP contribution in [0.1, 0.15) is 5.00 Å². The molecule has 3 nitrogen and oxygen atoms in total. The summed E-state index contributed by atoms with van der Waals surface area (Å²) in [7, 11) is -1.47. The van der Waals surface area contributed by atoms with Crippen molar-refractivity contribution in [3.8, 4) is 0 Å². The van der Waals surface area contributed by atoms with E-state index in [9.17, 15) is 0 Å². The molecule has 1 unspecified atom stereocenters. The molecule has 0 saturated heterocycles. The summed E-state index contributed by atoms with van der Waals surface area (Å²) in [4.78, 5) is 1.61. The Balaban J connectivity index is 2.04. The zero-order chi connectivity index (χ0) is 14.9. The van der Waals surface area contributed by atoms with Gasteiger partial charge < -0.3 is 0 Å². The monoisotopic (exact) mass is 313 g/mol. The number of hydrogen-bond donors (Lipinski definition) is 0. The minimum Gasteiger partial charge on any atom is -0.235 e. The molecule has 0 saturated carbocycles. The van der Waals surface area contributed by atoms with E-state index in [-0.39, 0.29) is 0 Å². The maximum Gasteiger partial charge on any atom is 0.113 e. The molecule has 0 aliphatic rings. The molecular formula is C16H19N3SSi. The van der Waals surface area contributed by atoms with E-state index in [1.54, 1.807) is 0 Å². The van der Waals surface area contributed by atoms with Gasteiger partial charge in [0.15, 0.2) is 0 Å². The molecule has 1 heterocycles. The second kappa shape index (κ2) is 5.65. The van der Waals surface area contributed by atoms with Gasteiger partial charge in [0.05, 0.1) is 18.6 Å². The molecule has 0 fully saturated rings. The van der Waals surface area contributed by atoms with E-state index in [1.165, 1.54) is 4.90 Å². The molecule has 0 spiro atoms. The lowest BCUT2D eigenvalue weighted by atomic mass is 10.3. The third-order valence-electron chi connectivity index (χ3n) is 3.33. The van der Waals surface area contributed by atoms with Crippen molar-refractivity contribution < 1.29 is 0 Å². The Bertz CT molecular complexity index is 734. The van der Waals surface area contributed by atoms with E-state index < -0.39 is 8.07 Å². The fourth-order valence-corrected chi connectivity index (χ4v) is 5.86. The number of hydrogen-bond acceptors (Lipinski definition) is 3. The lowest BCUT2D eigenvalue weighted by Crippen LogP contribution is -2.33. The molecule has 0 aliphatic heterocycles. The van der Waals surface area contributed by atoms with Gasteiger partial charge in [-0.05, 0) is 24.3 Å². The Hall–Kier alpha value is -1.59. The van der Waals surface area contributed by atoms with Gasteiger partial charge in [0.2, 0.25) is 0 Å². The largest absolute Gasteiger partial charge is 0.235 e. The van der Waals surface area contributed by atoms with Crippen LogP contribution in [0.25, 0.3) is 11.0 Å². The maximum atomic E-state index is 4.44. The molecule has 1 atom stereocenters. The Kier molecular flexibility index (Phi) is 3.86. The van der Waals surface area contributed by atoms with Crippen molar-refractivity contribution in [1.82, 2.24) is 15.0 Å². The molecule has 0 radical (unpaired) electrons. The highest BCUT2D eigenvalue weighted by atomic mass is 32.2. The number of benzene rings is 2. The van der Waals surface area contributed by atoms with Crippen molar-refractivity contribution >= 4 is 30.9 Å². The van der Waals surface area contributed by atoms with Gasteiger partial charge in [-0.3, -0.25) is 0 Å². The third-order valence-corrected chi connectivity index (χ3v) is 8.50. The molecule has 5 heteroatoms. The van der Waals surface area contributed by atoms with E-state index in [0.717, 1.165) is 11.0 Å². The zero-order valence-corrected chi connectivity index (χ0v) is 14.3. The van der Waals surface area contributed by atoms with E-state index >= 15 is 0 Å². The van der Waals surface area contributed by atoms with Crippen LogP contribution in [-0.4, -0.2) is 23.1 Å². The lowest BCUT2D eigenvalue weighted by Gasteiger charge is -2.28. The van der Waals surface area contributed by atoms with Crippen LogP contribution in [0.15, 0.2) is 59.5 Å². The first-order valence-corrected chi connectivity index (χ1v) is 11.5. The minimum absolute atomic E-state index is 0.326. The number of fused-ring (bicyclic) bond motifs is 1. The van der Waals surface area contributed by atoms with Gasteiger partial charge in [0, 0.05) is 4.90 Å². The van der Waals surface area contributed by atoms with Gasteiger partial charge in [-0.1, -0.05) is 55.2 Å². The number of thioether (sulfide) groups is 1. The highest BCUT2D eigenvalue weighted by Crippen LogP contribution is 2.38. The molecule has 3 rings (SSSR count). The molecular weight excluding hydrogens is 294 g/mol. The summed E-state index contributed by atoms with van der Waals surface area (Å²) in [5, 5.41) is 8.76. The molecule has 0 bridgehead atoms. The average molecular weight is 314 g/mol. The molecule has 2 aromatic carbocycles. The van der Waals surface area contributed by atoms with Crippen molar-refractivity contribution in [3.63, 3.8) is 0 Å². The lowest BCUT2D eigenvalue weighted by molar-refractivity contribution is 0.689. The highest BCUT2D eigenvalue weighted by Gasteiger charge is 2.31. The van der Waals surface area contributed by atoms with Gasteiger partial charge in [0.25, 0.3) is 0 Å². The van der Waals surface area contributed by atoms with Crippen LogP contribution >= 0.6 is 11.8 Å². The van der Waals surface area contributed by atoms with Crippen molar-refractivity contribution in [2.75, 3.05) is 0 Å². The predicted octanol–water partition coefficient (Wildman–Crippen LogP) is 4.60. The summed E-state index contributed by atoms with van der Waals surface area (Å²) >= 11 is 1.89. The van der Waals surface area contributed by atoms with E-state index in [2.05, 4.69) is 77.1 Å². The Labute approximate surface area is 130 Å². The van der Waals surface area contributed by atoms with Gasteiger partial charge in [0.1, 0.15) is 5.52 Å². The predicted molar refractivity (Wildman–Crippen MR) is 92.2 cm³/mol. The first kappa shape index (κ1) is 14.3. The van der Waals surface area contributed by atoms with Gasteiger partial charge in [-0.15, -0.1) is 16.9 Å². The second-order valence-corrected chi connectivity index (χ2v) is 13.0. The Morgan fingerprint density at radius 2 is 1.62 bits per heavy atom. The van der Waals surface area contributed by atoms with Crippen LogP contribution in [-0.2, 0) is 0 Å². The summed E-state index contributed by atoms with van der Waals surface area (Å²) in [5.74, 6) is 0. The highest BCUT2D eigenvalue weighted by molar-refractivity contribution is 8.01. The number of rotatable bonds is 4. The van der Waals surface area contributed by atoms with E-state index in [1.807, 2.05) is 23.9 Å². The van der Waals surface area contributed by atoms with Crippen LogP contribution in [0.3, 0.4) is 0 Å². The van der Waals surface area contributed by atoms with Crippen molar-refractivity contribution in [3.05, 3.63) is 54.6 Å². The normalized spacial score (nSPS) is 13.5. The topological polar surface area (TPSA) is 30.7 Å². The third kappa shape index (κ3) is 3.03.